The summed E-state index contributed by atoms with van der Waals surface area (Å²) in [6.45, 7) is 8.83. The van der Waals surface area contributed by atoms with Crippen molar-refractivity contribution >= 4 is 0 Å². The molecule has 0 heteroatoms. The molecule has 0 aromatic heterocycles. The van der Waals surface area contributed by atoms with E-state index in [1.165, 1.54) is 37.7 Å². The first-order valence-corrected chi connectivity index (χ1v) is 5.93. The lowest BCUT2D eigenvalue weighted by molar-refractivity contribution is 0.476. The normalized spacial score (nSPS) is 15.0. The molecule has 0 nitrogen and oxygen atoms in total. The third-order valence-electron chi connectivity index (χ3n) is 2.83. The van der Waals surface area contributed by atoms with E-state index in [1.807, 2.05) is 0 Å². The number of hydrogen-bond acceptors (Lipinski definition) is 0. The van der Waals surface area contributed by atoms with Crippen LogP contribution < -0.4 is 0 Å². The Bertz CT molecular complexity index is 174. The summed E-state index contributed by atoms with van der Waals surface area (Å²) in [6, 6.07) is 0. The average molecular weight is 194 g/mol. The maximum Gasteiger partial charge on any atom is -0.0321 e. The maximum atomic E-state index is 2.37. The molecule has 0 saturated heterocycles. The van der Waals surface area contributed by atoms with Crippen LogP contribution in [0.3, 0.4) is 0 Å². The molecule has 0 bridgehead atoms. The van der Waals surface area contributed by atoms with Gasteiger partial charge in [0.1, 0.15) is 0 Å². The van der Waals surface area contributed by atoms with E-state index < -0.39 is 0 Å². The zero-order valence-electron chi connectivity index (χ0n) is 10.3. The number of rotatable bonds is 7. The van der Waals surface area contributed by atoms with Gasteiger partial charge >= 0.3 is 0 Å². The standard InChI is InChI=1S/C14H26/c1-5-7-8-9-10-14(4)12-11-13(3)6-2/h5-7,14H,8-12H2,1-4H3. The van der Waals surface area contributed by atoms with Gasteiger partial charge in [0.2, 0.25) is 0 Å². The van der Waals surface area contributed by atoms with E-state index in [0.29, 0.717) is 0 Å². The molecule has 0 amide bonds. The molecule has 0 aliphatic heterocycles. The molecule has 0 aromatic carbocycles. The Morgan fingerprint density at radius 3 is 2.50 bits per heavy atom. The van der Waals surface area contributed by atoms with E-state index in [2.05, 4.69) is 45.9 Å². The van der Waals surface area contributed by atoms with Crippen LogP contribution in [0.1, 0.15) is 59.8 Å². The van der Waals surface area contributed by atoms with Gasteiger partial charge in [-0.1, -0.05) is 37.1 Å². The van der Waals surface area contributed by atoms with Crippen molar-refractivity contribution in [1.82, 2.24) is 0 Å². The van der Waals surface area contributed by atoms with E-state index in [0.717, 1.165) is 5.92 Å². The molecule has 14 heavy (non-hydrogen) atoms. The van der Waals surface area contributed by atoms with Gasteiger partial charge in [-0.2, -0.15) is 0 Å². The van der Waals surface area contributed by atoms with Gasteiger partial charge in [0.25, 0.3) is 0 Å². The summed E-state index contributed by atoms with van der Waals surface area (Å²) in [7, 11) is 0. The second-order valence-corrected chi connectivity index (χ2v) is 4.28. The van der Waals surface area contributed by atoms with E-state index in [1.54, 1.807) is 0 Å². The molecule has 0 N–H and O–H groups in total. The summed E-state index contributed by atoms with van der Waals surface area (Å²) >= 11 is 0. The lowest BCUT2D eigenvalue weighted by Crippen LogP contribution is -1.94. The van der Waals surface area contributed by atoms with Crippen molar-refractivity contribution < 1.29 is 0 Å². The second-order valence-electron chi connectivity index (χ2n) is 4.28. The molecular formula is C14H26. The largest absolute Gasteiger partial charge is 0.0917 e. The van der Waals surface area contributed by atoms with Crippen molar-refractivity contribution in [3.05, 3.63) is 23.8 Å². The predicted molar refractivity (Wildman–Crippen MR) is 66.5 cm³/mol. The number of hydrogen-bond donors (Lipinski definition) is 0. The highest BCUT2D eigenvalue weighted by Gasteiger charge is 2.01. The van der Waals surface area contributed by atoms with Crippen LogP contribution in [0.25, 0.3) is 0 Å². The summed E-state index contributed by atoms with van der Waals surface area (Å²) in [6.07, 6.45) is 13.3. The third-order valence-corrected chi connectivity index (χ3v) is 2.83. The Hall–Kier alpha value is -0.520. The molecular weight excluding hydrogens is 168 g/mol. The zero-order chi connectivity index (χ0) is 10.8. The van der Waals surface area contributed by atoms with Crippen LogP contribution in [0, 0.1) is 5.92 Å². The zero-order valence-corrected chi connectivity index (χ0v) is 10.3. The van der Waals surface area contributed by atoms with Crippen molar-refractivity contribution in [2.24, 2.45) is 5.92 Å². The fourth-order valence-corrected chi connectivity index (χ4v) is 1.51. The molecule has 0 saturated carbocycles. The van der Waals surface area contributed by atoms with E-state index in [9.17, 15) is 0 Å². The monoisotopic (exact) mass is 194 g/mol. The first kappa shape index (κ1) is 13.5. The van der Waals surface area contributed by atoms with Crippen molar-refractivity contribution in [3.8, 4) is 0 Å². The fourth-order valence-electron chi connectivity index (χ4n) is 1.51. The van der Waals surface area contributed by atoms with Crippen LogP contribution in [0.4, 0.5) is 0 Å². The SMILES string of the molecule is CC=CCCCC(C)CCC(C)=CC. The van der Waals surface area contributed by atoms with Gasteiger partial charge in [0.15, 0.2) is 0 Å². The van der Waals surface area contributed by atoms with Crippen LogP contribution in [0.5, 0.6) is 0 Å². The molecule has 0 radical (unpaired) electrons. The maximum absolute atomic E-state index is 2.37. The van der Waals surface area contributed by atoms with Crippen LogP contribution in [-0.2, 0) is 0 Å². The van der Waals surface area contributed by atoms with Gasteiger partial charge in [-0.15, -0.1) is 0 Å². The Labute approximate surface area is 90.1 Å². The van der Waals surface area contributed by atoms with Gasteiger partial charge in [-0.3, -0.25) is 0 Å². The van der Waals surface area contributed by atoms with Crippen LogP contribution in [-0.4, -0.2) is 0 Å². The van der Waals surface area contributed by atoms with Gasteiger partial charge in [0.05, 0.1) is 0 Å². The average Bonchev–Trinajstić information content (AvgIpc) is 2.21. The minimum absolute atomic E-state index is 0.884. The minimum Gasteiger partial charge on any atom is -0.0917 e. The molecule has 0 aliphatic carbocycles. The summed E-state index contributed by atoms with van der Waals surface area (Å²) in [5.74, 6) is 0.884. The molecule has 0 aromatic rings. The second kappa shape index (κ2) is 9.05. The fraction of sp³-hybridized carbons (Fsp3) is 0.714. The molecule has 0 aliphatic rings. The van der Waals surface area contributed by atoms with Crippen molar-refractivity contribution in [3.63, 3.8) is 0 Å². The first-order valence-electron chi connectivity index (χ1n) is 5.93. The van der Waals surface area contributed by atoms with E-state index >= 15 is 0 Å². The highest BCUT2D eigenvalue weighted by molar-refractivity contribution is 4.95. The molecule has 82 valence electrons. The quantitative estimate of drug-likeness (QED) is 0.390. The summed E-state index contributed by atoms with van der Waals surface area (Å²) < 4.78 is 0. The number of unbranched alkanes of at least 4 members (excludes halogenated alkanes) is 1. The smallest absolute Gasteiger partial charge is 0.0321 e. The first-order chi connectivity index (χ1) is 6.70. The van der Waals surface area contributed by atoms with Crippen molar-refractivity contribution in [1.29, 1.82) is 0 Å². The van der Waals surface area contributed by atoms with Crippen LogP contribution in [0.2, 0.25) is 0 Å². The van der Waals surface area contributed by atoms with E-state index in [4.69, 9.17) is 0 Å². The van der Waals surface area contributed by atoms with Gasteiger partial charge in [0, 0.05) is 0 Å². The third kappa shape index (κ3) is 8.10. The minimum atomic E-state index is 0.884. The topological polar surface area (TPSA) is 0 Å². The summed E-state index contributed by atoms with van der Waals surface area (Å²) in [4.78, 5) is 0. The Balaban J connectivity index is 3.41. The van der Waals surface area contributed by atoms with E-state index in [-0.39, 0.29) is 0 Å². The molecule has 0 fully saturated rings. The van der Waals surface area contributed by atoms with Crippen molar-refractivity contribution in [2.75, 3.05) is 0 Å². The molecule has 0 spiro atoms. The Kier molecular flexibility index (Phi) is 8.72. The Morgan fingerprint density at radius 1 is 1.21 bits per heavy atom. The molecule has 1 atom stereocenters. The molecule has 0 rings (SSSR count). The van der Waals surface area contributed by atoms with Gasteiger partial charge < -0.3 is 0 Å². The van der Waals surface area contributed by atoms with Crippen LogP contribution in [0.15, 0.2) is 23.8 Å². The lowest BCUT2D eigenvalue weighted by Gasteiger charge is -2.10. The highest BCUT2D eigenvalue weighted by atomic mass is 14.1. The molecule has 0 heterocycles. The predicted octanol–water partition coefficient (Wildman–Crippen LogP) is 5.12. The summed E-state index contributed by atoms with van der Waals surface area (Å²) in [5.41, 5.74) is 1.53. The number of allylic oxidation sites excluding steroid dienone is 4. The Morgan fingerprint density at radius 2 is 1.93 bits per heavy atom. The van der Waals surface area contributed by atoms with Gasteiger partial charge in [-0.25, -0.2) is 0 Å². The van der Waals surface area contributed by atoms with Crippen molar-refractivity contribution in [2.45, 2.75) is 59.8 Å². The lowest BCUT2D eigenvalue weighted by atomic mass is 9.96. The molecule has 1 unspecified atom stereocenters. The summed E-state index contributed by atoms with van der Waals surface area (Å²) in [5, 5.41) is 0. The van der Waals surface area contributed by atoms with Crippen LogP contribution >= 0.6 is 0 Å². The van der Waals surface area contributed by atoms with Gasteiger partial charge in [-0.05, 0) is 52.4 Å². The highest BCUT2D eigenvalue weighted by Crippen LogP contribution is 2.17.